The molecule has 0 fully saturated rings. The Balaban J connectivity index is 3.81. The molecule has 0 aliphatic carbocycles. The van der Waals surface area contributed by atoms with Crippen molar-refractivity contribution < 1.29 is 0 Å². The van der Waals surface area contributed by atoms with Gasteiger partial charge in [0.2, 0.25) is 0 Å². The average molecular weight is 168 g/mol. The Morgan fingerprint density at radius 1 is 1.00 bits per heavy atom. The predicted octanol–water partition coefficient (Wildman–Crippen LogP) is 4.56. The maximum atomic E-state index is 2.46. The van der Waals surface area contributed by atoms with Gasteiger partial charge in [-0.2, -0.15) is 0 Å². The van der Waals surface area contributed by atoms with Crippen LogP contribution in [0, 0.1) is 5.92 Å². The number of hydrogen-bond acceptors (Lipinski definition) is 0. The smallest absolute Gasteiger partial charge is 0.0320 e. The summed E-state index contributed by atoms with van der Waals surface area (Å²) in [7, 11) is 0. The molecule has 0 saturated carbocycles. The monoisotopic (exact) mass is 168 g/mol. The molecule has 0 atom stereocenters. The lowest BCUT2D eigenvalue weighted by Gasteiger charge is -2.09. The average Bonchev–Trinajstić information content (AvgIpc) is 2.13. The molecule has 0 nitrogen and oxygen atoms in total. The minimum Gasteiger partial charge on any atom is -0.0851 e. The molecular weight excluding hydrogens is 144 g/mol. The molecular formula is C12H24. The summed E-state index contributed by atoms with van der Waals surface area (Å²) < 4.78 is 0. The van der Waals surface area contributed by atoms with Gasteiger partial charge in [-0.15, -0.1) is 0 Å². The summed E-state index contributed by atoms with van der Waals surface area (Å²) in [5.74, 6) is 0.915. The van der Waals surface area contributed by atoms with E-state index in [1.54, 1.807) is 5.57 Å². The molecule has 0 spiro atoms. The Morgan fingerprint density at radius 2 is 1.50 bits per heavy atom. The van der Waals surface area contributed by atoms with Crippen molar-refractivity contribution in [3.05, 3.63) is 11.6 Å². The maximum absolute atomic E-state index is 2.46. The SMILES string of the molecule is CCC(=CCC(CC)CC)CC. The Bertz CT molecular complexity index is 112. The van der Waals surface area contributed by atoms with Gasteiger partial charge in [-0.1, -0.05) is 52.2 Å². The highest BCUT2D eigenvalue weighted by Gasteiger charge is 2.00. The van der Waals surface area contributed by atoms with Crippen molar-refractivity contribution in [1.29, 1.82) is 0 Å². The molecule has 0 rings (SSSR count). The second-order valence-corrected chi connectivity index (χ2v) is 3.49. The van der Waals surface area contributed by atoms with Crippen molar-refractivity contribution in [2.45, 2.75) is 59.8 Å². The summed E-state index contributed by atoms with van der Waals surface area (Å²) in [6, 6.07) is 0. The van der Waals surface area contributed by atoms with Gasteiger partial charge in [-0.3, -0.25) is 0 Å². The number of allylic oxidation sites excluding steroid dienone is 2. The summed E-state index contributed by atoms with van der Waals surface area (Å²) in [4.78, 5) is 0. The highest BCUT2D eigenvalue weighted by molar-refractivity contribution is 5.00. The van der Waals surface area contributed by atoms with Crippen molar-refractivity contribution in [1.82, 2.24) is 0 Å². The van der Waals surface area contributed by atoms with Gasteiger partial charge in [0, 0.05) is 0 Å². The van der Waals surface area contributed by atoms with E-state index in [1.807, 2.05) is 0 Å². The number of rotatable bonds is 6. The van der Waals surface area contributed by atoms with Crippen LogP contribution in [0.2, 0.25) is 0 Å². The van der Waals surface area contributed by atoms with Crippen molar-refractivity contribution in [3.8, 4) is 0 Å². The summed E-state index contributed by atoms with van der Waals surface area (Å²) >= 11 is 0. The third-order valence-corrected chi connectivity index (χ3v) is 2.80. The Labute approximate surface area is 78.1 Å². The Morgan fingerprint density at radius 3 is 1.83 bits per heavy atom. The van der Waals surface area contributed by atoms with E-state index in [9.17, 15) is 0 Å². The molecule has 0 aromatic heterocycles. The zero-order chi connectivity index (χ0) is 9.40. The normalized spacial score (nSPS) is 10.4. The lowest BCUT2D eigenvalue weighted by molar-refractivity contribution is 0.498. The fraction of sp³-hybridized carbons (Fsp3) is 0.833. The van der Waals surface area contributed by atoms with E-state index < -0.39 is 0 Å². The number of hydrogen-bond donors (Lipinski definition) is 0. The summed E-state index contributed by atoms with van der Waals surface area (Å²) in [5.41, 5.74) is 1.63. The molecule has 0 N–H and O–H groups in total. The summed E-state index contributed by atoms with van der Waals surface area (Å²) in [6.07, 6.45) is 8.87. The maximum Gasteiger partial charge on any atom is -0.0320 e. The predicted molar refractivity (Wildman–Crippen MR) is 57.4 cm³/mol. The van der Waals surface area contributed by atoms with E-state index in [4.69, 9.17) is 0 Å². The molecule has 0 aromatic rings. The summed E-state index contributed by atoms with van der Waals surface area (Å²) in [6.45, 7) is 9.09. The highest BCUT2D eigenvalue weighted by Crippen LogP contribution is 2.16. The molecule has 0 heteroatoms. The molecule has 0 unspecified atom stereocenters. The lowest BCUT2D eigenvalue weighted by atomic mass is 9.97. The van der Waals surface area contributed by atoms with E-state index >= 15 is 0 Å². The standard InChI is InChI=1S/C12H24/c1-5-11(6-2)9-10-12(7-3)8-4/h9,12H,5-8,10H2,1-4H3. The van der Waals surface area contributed by atoms with Crippen LogP contribution in [0.4, 0.5) is 0 Å². The van der Waals surface area contributed by atoms with Gasteiger partial charge in [0.05, 0.1) is 0 Å². The summed E-state index contributed by atoms with van der Waals surface area (Å²) in [5, 5.41) is 0. The van der Waals surface area contributed by atoms with Gasteiger partial charge in [-0.25, -0.2) is 0 Å². The topological polar surface area (TPSA) is 0 Å². The third-order valence-electron chi connectivity index (χ3n) is 2.80. The van der Waals surface area contributed by atoms with Gasteiger partial charge in [0.15, 0.2) is 0 Å². The van der Waals surface area contributed by atoms with Crippen LogP contribution >= 0.6 is 0 Å². The van der Waals surface area contributed by atoms with Crippen LogP contribution in [-0.2, 0) is 0 Å². The fourth-order valence-electron chi connectivity index (χ4n) is 1.49. The van der Waals surface area contributed by atoms with Crippen molar-refractivity contribution in [2.75, 3.05) is 0 Å². The van der Waals surface area contributed by atoms with Gasteiger partial charge < -0.3 is 0 Å². The van der Waals surface area contributed by atoms with Crippen molar-refractivity contribution >= 4 is 0 Å². The molecule has 0 aromatic carbocycles. The van der Waals surface area contributed by atoms with Crippen molar-refractivity contribution in [2.24, 2.45) is 5.92 Å². The van der Waals surface area contributed by atoms with Crippen LogP contribution in [0.25, 0.3) is 0 Å². The largest absolute Gasteiger partial charge is 0.0851 e. The van der Waals surface area contributed by atoms with Crippen molar-refractivity contribution in [3.63, 3.8) is 0 Å². The van der Waals surface area contributed by atoms with Crippen LogP contribution < -0.4 is 0 Å². The van der Waals surface area contributed by atoms with E-state index in [2.05, 4.69) is 33.8 Å². The molecule has 0 saturated heterocycles. The van der Waals surface area contributed by atoms with E-state index in [0.717, 1.165) is 5.92 Å². The Kier molecular flexibility index (Phi) is 7.23. The molecule has 12 heavy (non-hydrogen) atoms. The molecule has 0 radical (unpaired) electrons. The molecule has 0 aliphatic rings. The first-order valence-corrected chi connectivity index (χ1v) is 5.46. The van der Waals surface area contributed by atoms with E-state index in [1.165, 1.54) is 32.1 Å². The first kappa shape index (κ1) is 11.7. The van der Waals surface area contributed by atoms with Crippen LogP contribution in [0.15, 0.2) is 11.6 Å². The fourth-order valence-corrected chi connectivity index (χ4v) is 1.49. The zero-order valence-electron chi connectivity index (χ0n) is 9.19. The molecule has 0 amide bonds. The molecule has 0 heterocycles. The molecule has 0 bridgehead atoms. The van der Waals surface area contributed by atoms with E-state index in [-0.39, 0.29) is 0 Å². The molecule has 72 valence electrons. The minimum atomic E-state index is 0.915. The zero-order valence-corrected chi connectivity index (χ0v) is 9.19. The highest BCUT2D eigenvalue weighted by atomic mass is 14.1. The quantitative estimate of drug-likeness (QED) is 0.510. The minimum absolute atomic E-state index is 0.915. The van der Waals surface area contributed by atoms with Crippen LogP contribution in [0.1, 0.15) is 59.8 Å². The first-order chi connectivity index (χ1) is 5.78. The first-order valence-electron chi connectivity index (χ1n) is 5.46. The van der Waals surface area contributed by atoms with Crippen LogP contribution in [0.5, 0.6) is 0 Å². The van der Waals surface area contributed by atoms with E-state index in [0.29, 0.717) is 0 Å². The van der Waals surface area contributed by atoms with Gasteiger partial charge in [0.25, 0.3) is 0 Å². The van der Waals surface area contributed by atoms with Crippen LogP contribution in [0.3, 0.4) is 0 Å². The van der Waals surface area contributed by atoms with Gasteiger partial charge >= 0.3 is 0 Å². The molecule has 0 aliphatic heterocycles. The second kappa shape index (κ2) is 7.39. The second-order valence-electron chi connectivity index (χ2n) is 3.49. The van der Waals surface area contributed by atoms with Gasteiger partial charge in [-0.05, 0) is 25.2 Å². The lowest BCUT2D eigenvalue weighted by Crippen LogP contribution is -1.94. The van der Waals surface area contributed by atoms with Gasteiger partial charge in [0.1, 0.15) is 0 Å². The Hall–Kier alpha value is -0.260. The van der Waals surface area contributed by atoms with Crippen LogP contribution in [-0.4, -0.2) is 0 Å². The third kappa shape index (κ3) is 4.58.